The van der Waals surface area contributed by atoms with Crippen LogP contribution in [-0.2, 0) is 6.42 Å². The van der Waals surface area contributed by atoms with Crippen LogP contribution in [0.15, 0.2) is 49.1 Å². The first-order valence-corrected chi connectivity index (χ1v) is 6.12. The SMILES string of the molecule is O=C(N[n+]1cccc(CCCO)c1)c1cccnc1. The van der Waals surface area contributed by atoms with Crippen molar-refractivity contribution in [2.24, 2.45) is 0 Å². The molecule has 0 spiro atoms. The van der Waals surface area contributed by atoms with E-state index in [1.54, 1.807) is 29.2 Å². The summed E-state index contributed by atoms with van der Waals surface area (Å²) in [6.07, 6.45) is 8.23. The van der Waals surface area contributed by atoms with Crippen molar-refractivity contribution in [3.05, 3.63) is 60.2 Å². The van der Waals surface area contributed by atoms with E-state index in [0.29, 0.717) is 12.0 Å². The number of aromatic nitrogens is 2. The highest BCUT2D eigenvalue weighted by atomic mass is 16.2. The minimum atomic E-state index is -0.211. The molecule has 0 aromatic carbocycles. The molecule has 0 saturated carbocycles. The van der Waals surface area contributed by atoms with Gasteiger partial charge in [-0.05, 0) is 31.0 Å². The monoisotopic (exact) mass is 258 g/mol. The number of nitrogens with one attached hydrogen (secondary N) is 1. The van der Waals surface area contributed by atoms with Gasteiger partial charge < -0.3 is 5.11 Å². The Bertz CT molecular complexity index is 543. The Morgan fingerprint density at radius 3 is 3.00 bits per heavy atom. The van der Waals surface area contributed by atoms with Crippen LogP contribution < -0.4 is 10.1 Å². The third kappa shape index (κ3) is 3.86. The van der Waals surface area contributed by atoms with Gasteiger partial charge in [0, 0.05) is 30.6 Å². The number of rotatable bonds is 5. The van der Waals surface area contributed by atoms with Gasteiger partial charge in [0.1, 0.15) is 0 Å². The Balaban J connectivity index is 2.05. The molecule has 0 fully saturated rings. The number of amides is 1. The zero-order chi connectivity index (χ0) is 13.5. The molecule has 5 nitrogen and oxygen atoms in total. The number of aliphatic hydroxyl groups excluding tert-OH is 1. The summed E-state index contributed by atoms with van der Waals surface area (Å²) in [5.74, 6) is -0.211. The van der Waals surface area contributed by atoms with Crippen LogP contribution in [0.4, 0.5) is 0 Å². The minimum Gasteiger partial charge on any atom is -0.396 e. The topological polar surface area (TPSA) is 66.1 Å². The van der Waals surface area contributed by atoms with Gasteiger partial charge >= 0.3 is 5.91 Å². The lowest BCUT2D eigenvalue weighted by Crippen LogP contribution is -2.48. The smallest absolute Gasteiger partial charge is 0.306 e. The molecule has 0 aliphatic heterocycles. The number of carbonyl (C=O) groups is 1. The molecule has 5 heteroatoms. The molecule has 0 aliphatic carbocycles. The summed E-state index contributed by atoms with van der Waals surface area (Å²) in [5, 5.41) is 8.81. The fourth-order valence-electron chi connectivity index (χ4n) is 1.70. The number of nitrogens with zero attached hydrogens (tertiary/aromatic N) is 2. The normalized spacial score (nSPS) is 10.2. The van der Waals surface area contributed by atoms with E-state index < -0.39 is 0 Å². The molecule has 1 amide bonds. The van der Waals surface area contributed by atoms with E-state index in [2.05, 4.69) is 10.4 Å². The van der Waals surface area contributed by atoms with Gasteiger partial charge in [-0.1, -0.05) is 4.68 Å². The first kappa shape index (κ1) is 13.2. The van der Waals surface area contributed by atoms with Crippen molar-refractivity contribution < 1.29 is 14.6 Å². The highest BCUT2D eigenvalue weighted by molar-refractivity contribution is 5.98. The third-order valence-electron chi connectivity index (χ3n) is 2.64. The second kappa shape index (κ2) is 6.61. The van der Waals surface area contributed by atoms with Crippen LogP contribution in [0.5, 0.6) is 0 Å². The Morgan fingerprint density at radius 2 is 2.26 bits per heavy atom. The minimum absolute atomic E-state index is 0.164. The summed E-state index contributed by atoms with van der Waals surface area (Å²) in [7, 11) is 0. The van der Waals surface area contributed by atoms with Gasteiger partial charge in [0.05, 0.1) is 5.56 Å². The number of aliphatic hydroxyl groups is 1. The molecule has 0 saturated heterocycles. The summed E-state index contributed by atoms with van der Waals surface area (Å²) in [5.41, 5.74) is 4.32. The van der Waals surface area contributed by atoms with E-state index in [9.17, 15) is 4.79 Å². The van der Waals surface area contributed by atoms with E-state index in [4.69, 9.17) is 5.11 Å². The summed E-state index contributed by atoms with van der Waals surface area (Å²) < 4.78 is 1.61. The molecular weight excluding hydrogens is 242 g/mol. The largest absolute Gasteiger partial charge is 0.396 e. The van der Waals surface area contributed by atoms with Crippen molar-refractivity contribution in [1.29, 1.82) is 0 Å². The molecule has 2 N–H and O–H groups in total. The van der Waals surface area contributed by atoms with Crippen molar-refractivity contribution in [3.8, 4) is 0 Å². The molecule has 2 aromatic heterocycles. The highest BCUT2D eigenvalue weighted by Gasteiger charge is 2.10. The number of pyridine rings is 2. The van der Waals surface area contributed by atoms with Crippen molar-refractivity contribution in [2.75, 3.05) is 12.0 Å². The van der Waals surface area contributed by atoms with E-state index in [1.807, 2.05) is 18.3 Å². The lowest BCUT2D eigenvalue weighted by molar-refractivity contribution is -0.641. The molecule has 98 valence electrons. The summed E-state index contributed by atoms with van der Waals surface area (Å²) >= 11 is 0. The van der Waals surface area contributed by atoms with Crippen LogP contribution in [0, 0.1) is 0 Å². The summed E-state index contributed by atoms with van der Waals surface area (Å²) in [4.78, 5) is 15.8. The predicted octanol–water partition coefficient (Wildman–Crippen LogP) is 0.678. The Kier molecular flexibility index (Phi) is 4.58. The van der Waals surface area contributed by atoms with Crippen molar-refractivity contribution >= 4 is 5.91 Å². The lowest BCUT2D eigenvalue weighted by atomic mass is 10.2. The van der Waals surface area contributed by atoms with Crippen LogP contribution in [0.1, 0.15) is 22.3 Å². The maximum absolute atomic E-state index is 11.9. The summed E-state index contributed by atoms with van der Waals surface area (Å²) in [6, 6.07) is 7.24. The van der Waals surface area contributed by atoms with Gasteiger partial charge in [-0.2, -0.15) is 0 Å². The Morgan fingerprint density at radius 1 is 1.37 bits per heavy atom. The lowest BCUT2D eigenvalue weighted by Gasteiger charge is -2.01. The third-order valence-corrected chi connectivity index (χ3v) is 2.64. The number of hydrogen-bond acceptors (Lipinski definition) is 3. The molecule has 2 heterocycles. The van der Waals surface area contributed by atoms with Crippen LogP contribution in [-0.4, -0.2) is 22.6 Å². The molecule has 0 atom stereocenters. The zero-order valence-electron chi connectivity index (χ0n) is 10.5. The van der Waals surface area contributed by atoms with Crippen molar-refractivity contribution in [3.63, 3.8) is 0 Å². The predicted molar refractivity (Wildman–Crippen MR) is 70.0 cm³/mol. The van der Waals surface area contributed by atoms with E-state index in [0.717, 1.165) is 12.0 Å². The fraction of sp³-hybridized carbons (Fsp3) is 0.214. The molecule has 19 heavy (non-hydrogen) atoms. The van der Waals surface area contributed by atoms with E-state index in [1.165, 1.54) is 6.20 Å². The molecule has 0 aliphatic rings. The molecule has 2 aromatic rings. The van der Waals surface area contributed by atoms with Crippen molar-refractivity contribution in [1.82, 2.24) is 4.98 Å². The second-order valence-electron chi connectivity index (χ2n) is 4.13. The van der Waals surface area contributed by atoms with E-state index >= 15 is 0 Å². The van der Waals surface area contributed by atoms with Crippen LogP contribution in [0.3, 0.4) is 0 Å². The maximum atomic E-state index is 11.9. The first-order valence-electron chi connectivity index (χ1n) is 6.12. The van der Waals surface area contributed by atoms with Crippen LogP contribution in [0.25, 0.3) is 0 Å². The van der Waals surface area contributed by atoms with Crippen LogP contribution in [0.2, 0.25) is 0 Å². The maximum Gasteiger partial charge on any atom is 0.306 e. The average molecular weight is 258 g/mol. The second-order valence-corrected chi connectivity index (χ2v) is 4.13. The molecule has 0 radical (unpaired) electrons. The number of aryl methyl sites for hydroxylation is 1. The van der Waals surface area contributed by atoms with Gasteiger partial charge in [-0.25, -0.2) is 0 Å². The van der Waals surface area contributed by atoms with E-state index in [-0.39, 0.29) is 12.5 Å². The molecule has 0 unspecified atom stereocenters. The number of hydrogen-bond donors (Lipinski definition) is 2. The molecule has 2 rings (SSSR count). The number of carbonyl (C=O) groups excluding carboxylic acids is 1. The molecular formula is C14H16N3O2+. The molecule has 0 bridgehead atoms. The van der Waals surface area contributed by atoms with Gasteiger partial charge in [0.25, 0.3) is 0 Å². The van der Waals surface area contributed by atoms with Gasteiger partial charge in [-0.3, -0.25) is 9.78 Å². The van der Waals surface area contributed by atoms with Crippen molar-refractivity contribution in [2.45, 2.75) is 12.8 Å². The summed E-state index contributed by atoms with van der Waals surface area (Å²) in [6.45, 7) is 0.164. The standard InChI is InChI=1S/C14H15N3O2/c18-9-3-5-12-4-2-8-17(11-12)16-14(19)13-6-1-7-15-10-13/h1-2,4,6-8,10-11,18H,3,5,9H2/p+1. The fourth-order valence-corrected chi connectivity index (χ4v) is 1.70. The highest BCUT2D eigenvalue weighted by Crippen LogP contribution is 1.99. The van der Waals surface area contributed by atoms with Gasteiger partial charge in [-0.15, -0.1) is 5.43 Å². The quantitative estimate of drug-likeness (QED) is 0.775. The first-order chi connectivity index (χ1) is 9.29. The van der Waals surface area contributed by atoms with Gasteiger partial charge in [0.2, 0.25) is 6.20 Å². The Labute approximate surface area is 111 Å². The Hall–Kier alpha value is -2.27. The average Bonchev–Trinajstić information content (AvgIpc) is 2.46. The van der Waals surface area contributed by atoms with Gasteiger partial charge in [0.15, 0.2) is 6.20 Å². The zero-order valence-corrected chi connectivity index (χ0v) is 10.5. The van der Waals surface area contributed by atoms with Crippen LogP contribution >= 0.6 is 0 Å².